The zero-order valence-electron chi connectivity index (χ0n) is 11.7. The molecule has 21 heavy (non-hydrogen) atoms. The number of hydrogen-bond acceptors (Lipinski definition) is 2. The summed E-state index contributed by atoms with van der Waals surface area (Å²) in [5.74, 6) is 0.117. The van der Waals surface area contributed by atoms with Gasteiger partial charge in [0.05, 0.1) is 0 Å². The Morgan fingerprint density at radius 1 is 1.19 bits per heavy atom. The van der Waals surface area contributed by atoms with E-state index in [1.165, 1.54) is 0 Å². The molecule has 0 atom stereocenters. The molecule has 0 spiro atoms. The van der Waals surface area contributed by atoms with Crippen LogP contribution in [0, 0.1) is 0 Å². The van der Waals surface area contributed by atoms with E-state index in [1.807, 2.05) is 41.3 Å². The number of nitrogens with zero attached hydrogens (tertiary/aromatic N) is 1. The van der Waals surface area contributed by atoms with Gasteiger partial charge in [-0.1, -0.05) is 40.2 Å². The summed E-state index contributed by atoms with van der Waals surface area (Å²) in [4.78, 5) is 14.6. The molecule has 0 saturated carbocycles. The third kappa shape index (κ3) is 2.95. The number of hydrogen-bond donors (Lipinski definition) is 1. The Bertz CT molecular complexity index is 684. The zero-order valence-corrected chi connectivity index (χ0v) is 13.3. The van der Waals surface area contributed by atoms with Crippen molar-refractivity contribution in [3.63, 3.8) is 0 Å². The van der Waals surface area contributed by atoms with Crippen molar-refractivity contribution in [1.82, 2.24) is 4.90 Å². The first-order valence-corrected chi connectivity index (χ1v) is 7.85. The van der Waals surface area contributed by atoms with Gasteiger partial charge in [0.1, 0.15) is 0 Å². The molecule has 3 nitrogen and oxygen atoms in total. The summed E-state index contributed by atoms with van der Waals surface area (Å²) < 4.78 is 0.952. The highest BCUT2D eigenvalue weighted by molar-refractivity contribution is 9.10. The summed E-state index contributed by atoms with van der Waals surface area (Å²) in [5.41, 5.74) is 9.56. The second kappa shape index (κ2) is 5.90. The van der Waals surface area contributed by atoms with Gasteiger partial charge >= 0.3 is 0 Å². The number of halogens is 1. The lowest BCUT2D eigenvalue weighted by Crippen LogP contribution is -2.30. The van der Waals surface area contributed by atoms with Crippen molar-refractivity contribution < 1.29 is 4.79 Å². The van der Waals surface area contributed by atoms with Gasteiger partial charge in [-0.2, -0.15) is 0 Å². The Morgan fingerprint density at radius 3 is 2.81 bits per heavy atom. The van der Waals surface area contributed by atoms with Crippen molar-refractivity contribution in [1.29, 1.82) is 0 Å². The minimum absolute atomic E-state index is 0.117. The first kappa shape index (κ1) is 14.1. The van der Waals surface area contributed by atoms with Gasteiger partial charge in [-0.05, 0) is 42.2 Å². The molecule has 0 fully saturated rings. The number of carbonyl (C=O) groups excluding carboxylic acids is 1. The second-order valence-corrected chi connectivity index (χ2v) is 6.19. The number of amides is 1. The Hall–Kier alpha value is -1.81. The zero-order chi connectivity index (χ0) is 14.8. The Balaban J connectivity index is 1.87. The fourth-order valence-electron chi connectivity index (χ4n) is 2.73. The van der Waals surface area contributed by atoms with E-state index in [9.17, 15) is 4.79 Å². The molecule has 0 aliphatic carbocycles. The van der Waals surface area contributed by atoms with E-state index < -0.39 is 0 Å². The topological polar surface area (TPSA) is 46.3 Å². The fraction of sp³-hybridized carbons (Fsp3) is 0.235. The van der Waals surface area contributed by atoms with E-state index in [1.54, 1.807) is 0 Å². The minimum Gasteiger partial charge on any atom is -0.399 e. The summed E-state index contributed by atoms with van der Waals surface area (Å²) in [6, 6.07) is 13.6. The van der Waals surface area contributed by atoms with Crippen molar-refractivity contribution in [2.45, 2.75) is 19.4 Å². The quantitative estimate of drug-likeness (QED) is 0.845. The first-order valence-electron chi connectivity index (χ1n) is 7.06. The maximum absolute atomic E-state index is 12.7. The highest BCUT2D eigenvalue weighted by Crippen LogP contribution is 2.24. The van der Waals surface area contributed by atoms with Crippen molar-refractivity contribution >= 4 is 27.5 Å². The van der Waals surface area contributed by atoms with Crippen molar-refractivity contribution in [3.05, 3.63) is 63.6 Å². The predicted octanol–water partition coefficient (Wildman–Crippen LogP) is 3.62. The molecule has 3 rings (SSSR count). The average Bonchev–Trinajstić information content (AvgIpc) is 2.63. The molecule has 108 valence electrons. The van der Waals surface area contributed by atoms with Gasteiger partial charge in [0, 0.05) is 28.8 Å². The molecule has 2 aromatic carbocycles. The number of rotatable bonds is 2. The number of anilines is 1. The molecule has 4 heteroatoms. The van der Waals surface area contributed by atoms with Crippen LogP contribution in [-0.4, -0.2) is 17.4 Å². The number of nitrogen functional groups attached to an aromatic ring is 1. The lowest BCUT2D eigenvalue weighted by atomic mass is 10.0. The monoisotopic (exact) mass is 344 g/mol. The van der Waals surface area contributed by atoms with E-state index >= 15 is 0 Å². The molecular formula is C17H17BrN2O. The van der Waals surface area contributed by atoms with Crippen molar-refractivity contribution in [2.24, 2.45) is 0 Å². The average molecular weight is 345 g/mol. The molecular weight excluding hydrogens is 328 g/mol. The summed E-state index contributed by atoms with van der Waals surface area (Å²) in [5, 5.41) is 0. The molecule has 1 aliphatic rings. The highest BCUT2D eigenvalue weighted by Gasteiger charge is 2.22. The number of fused-ring (bicyclic) bond motifs is 1. The number of benzene rings is 2. The molecule has 0 radical (unpaired) electrons. The molecule has 2 aromatic rings. The van der Waals surface area contributed by atoms with Crippen LogP contribution in [0.25, 0.3) is 0 Å². The maximum atomic E-state index is 12.7. The van der Waals surface area contributed by atoms with Crippen molar-refractivity contribution in [2.75, 3.05) is 12.3 Å². The van der Waals surface area contributed by atoms with Gasteiger partial charge in [0.15, 0.2) is 0 Å². The van der Waals surface area contributed by atoms with E-state index in [0.29, 0.717) is 6.54 Å². The van der Waals surface area contributed by atoms with Gasteiger partial charge in [-0.15, -0.1) is 0 Å². The molecule has 2 N–H and O–H groups in total. The van der Waals surface area contributed by atoms with Crippen molar-refractivity contribution in [3.8, 4) is 0 Å². The second-order valence-electron chi connectivity index (χ2n) is 5.34. The van der Waals surface area contributed by atoms with Crippen LogP contribution in [0.4, 0.5) is 5.69 Å². The van der Waals surface area contributed by atoms with Crippen LogP contribution < -0.4 is 5.73 Å². The molecule has 0 aromatic heterocycles. The van der Waals surface area contributed by atoms with Gasteiger partial charge in [-0.25, -0.2) is 0 Å². The van der Waals surface area contributed by atoms with Crippen LogP contribution in [0.15, 0.2) is 46.9 Å². The largest absolute Gasteiger partial charge is 0.399 e. The SMILES string of the molecule is Nc1ccc(CN2CCCc3ccccc3C2=O)c(Br)c1. The third-order valence-corrected chi connectivity index (χ3v) is 4.59. The highest BCUT2D eigenvalue weighted by atomic mass is 79.9. The van der Waals surface area contributed by atoms with Gasteiger partial charge < -0.3 is 10.6 Å². The Morgan fingerprint density at radius 2 is 2.00 bits per heavy atom. The Kier molecular flexibility index (Phi) is 3.97. The molecule has 0 bridgehead atoms. The smallest absolute Gasteiger partial charge is 0.254 e. The number of aryl methyl sites for hydroxylation is 1. The third-order valence-electron chi connectivity index (χ3n) is 3.85. The van der Waals surface area contributed by atoms with Gasteiger partial charge in [0.25, 0.3) is 5.91 Å². The van der Waals surface area contributed by atoms with E-state index in [-0.39, 0.29) is 5.91 Å². The molecule has 1 heterocycles. The van der Waals surface area contributed by atoms with Crippen LogP contribution >= 0.6 is 15.9 Å². The number of carbonyl (C=O) groups is 1. The maximum Gasteiger partial charge on any atom is 0.254 e. The van der Waals surface area contributed by atoms with Gasteiger partial charge in [0.2, 0.25) is 0 Å². The molecule has 1 aliphatic heterocycles. The summed E-state index contributed by atoms with van der Waals surface area (Å²) >= 11 is 3.53. The van der Waals surface area contributed by atoms with Crippen LogP contribution in [0.5, 0.6) is 0 Å². The Labute approximate surface area is 132 Å². The van der Waals surface area contributed by atoms with Crippen LogP contribution in [0.3, 0.4) is 0 Å². The van der Waals surface area contributed by atoms with E-state index in [2.05, 4.69) is 22.0 Å². The predicted molar refractivity (Wildman–Crippen MR) is 88.1 cm³/mol. The molecule has 0 saturated heterocycles. The lowest BCUT2D eigenvalue weighted by molar-refractivity contribution is 0.0748. The van der Waals surface area contributed by atoms with Crippen LogP contribution in [0.2, 0.25) is 0 Å². The molecule has 0 unspecified atom stereocenters. The van der Waals surface area contributed by atoms with E-state index in [4.69, 9.17) is 5.73 Å². The summed E-state index contributed by atoms with van der Waals surface area (Å²) in [7, 11) is 0. The normalized spacial score (nSPS) is 14.7. The lowest BCUT2D eigenvalue weighted by Gasteiger charge is -2.22. The standard InChI is InChI=1S/C17H17BrN2O/c18-16-10-14(19)8-7-13(16)11-20-9-3-5-12-4-1-2-6-15(12)17(20)21/h1-2,4,6-8,10H,3,5,9,11,19H2. The van der Waals surface area contributed by atoms with E-state index in [0.717, 1.165) is 46.2 Å². The molecule has 1 amide bonds. The fourth-order valence-corrected chi connectivity index (χ4v) is 3.25. The van der Waals surface area contributed by atoms with Crippen LogP contribution in [-0.2, 0) is 13.0 Å². The summed E-state index contributed by atoms with van der Waals surface area (Å²) in [6.45, 7) is 1.39. The van der Waals surface area contributed by atoms with Gasteiger partial charge in [-0.3, -0.25) is 4.79 Å². The first-order chi connectivity index (χ1) is 10.1. The number of nitrogens with two attached hydrogens (primary N) is 1. The van der Waals surface area contributed by atoms with Crippen LogP contribution in [0.1, 0.15) is 27.9 Å². The minimum atomic E-state index is 0.117. The summed E-state index contributed by atoms with van der Waals surface area (Å²) in [6.07, 6.45) is 1.96.